The van der Waals surface area contributed by atoms with Gasteiger partial charge in [0.15, 0.2) is 17.3 Å². The molecule has 2 heterocycles. The van der Waals surface area contributed by atoms with Crippen LogP contribution in [0, 0.1) is 0 Å². The van der Waals surface area contributed by atoms with E-state index in [4.69, 9.17) is 15.2 Å². The first-order chi connectivity index (χ1) is 10.2. The van der Waals surface area contributed by atoms with E-state index in [1.807, 2.05) is 17.5 Å². The fourth-order valence-corrected chi connectivity index (χ4v) is 2.91. The van der Waals surface area contributed by atoms with Gasteiger partial charge in [-0.3, -0.25) is 0 Å². The fraction of sp³-hybridized carbons (Fsp3) is 0.286. The first-order valence-corrected chi connectivity index (χ1v) is 7.39. The van der Waals surface area contributed by atoms with Gasteiger partial charge < -0.3 is 20.2 Å². The summed E-state index contributed by atoms with van der Waals surface area (Å²) >= 11 is 1.59. The average molecular weight is 304 g/mol. The summed E-state index contributed by atoms with van der Waals surface area (Å²) in [7, 11) is 3.22. The van der Waals surface area contributed by atoms with Crippen LogP contribution in [0.25, 0.3) is 22.6 Å². The highest BCUT2D eigenvalue weighted by molar-refractivity contribution is 7.09. The number of ether oxygens (including phenoxy) is 2. The molecule has 1 aromatic carbocycles. The molecule has 0 aliphatic carbocycles. The number of nitrogens with zero attached hydrogens (tertiary/aromatic N) is 2. The number of aromatic amines is 1. The van der Waals surface area contributed by atoms with Crippen molar-refractivity contribution in [3.05, 3.63) is 22.5 Å². The first kappa shape index (κ1) is 13.8. The zero-order valence-electron chi connectivity index (χ0n) is 11.8. The van der Waals surface area contributed by atoms with E-state index < -0.39 is 0 Å². The lowest BCUT2D eigenvalue weighted by molar-refractivity contribution is 0.356. The minimum absolute atomic E-state index is 0.599. The number of imidazole rings is 1. The lowest BCUT2D eigenvalue weighted by atomic mass is 10.3. The number of thiazole rings is 1. The maximum atomic E-state index is 5.55. The van der Waals surface area contributed by atoms with Gasteiger partial charge in [-0.2, -0.15) is 0 Å². The predicted octanol–water partition coefficient (Wildman–Crippen LogP) is 2.20. The molecule has 0 aliphatic heterocycles. The molecule has 3 rings (SSSR count). The fourth-order valence-electron chi connectivity index (χ4n) is 2.12. The molecule has 3 N–H and O–H groups in total. The summed E-state index contributed by atoms with van der Waals surface area (Å²) in [5.74, 6) is 2.06. The Morgan fingerprint density at radius 1 is 1.19 bits per heavy atom. The molecule has 110 valence electrons. The van der Waals surface area contributed by atoms with Gasteiger partial charge in [0.1, 0.15) is 5.69 Å². The highest BCUT2D eigenvalue weighted by Crippen LogP contribution is 2.32. The van der Waals surface area contributed by atoms with Gasteiger partial charge in [-0.25, -0.2) is 9.97 Å². The van der Waals surface area contributed by atoms with E-state index >= 15 is 0 Å². The standard InChI is InChI=1S/C14H16N4O2S/c1-19-11-5-8-9(6-12(11)20-2)18-14(17-8)10-7-21-13(16-10)3-4-15/h5-7H,3-4,15H2,1-2H3,(H,17,18). The third-order valence-corrected chi connectivity index (χ3v) is 4.05. The molecule has 0 amide bonds. The minimum atomic E-state index is 0.599. The van der Waals surface area contributed by atoms with Crippen molar-refractivity contribution >= 4 is 22.4 Å². The number of nitrogens with two attached hydrogens (primary N) is 1. The largest absolute Gasteiger partial charge is 0.493 e. The van der Waals surface area contributed by atoms with E-state index in [0.717, 1.165) is 34.0 Å². The summed E-state index contributed by atoms with van der Waals surface area (Å²) in [4.78, 5) is 12.4. The molecule has 21 heavy (non-hydrogen) atoms. The molecule has 0 radical (unpaired) electrons. The number of hydrogen-bond acceptors (Lipinski definition) is 6. The van der Waals surface area contributed by atoms with Gasteiger partial charge in [0.05, 0.1) is 30.3 Å². The van der Waals surface area contributed by atoms with Crippen LogP contribution in [0.4, 0.5) is 0 Å². The zero-order valence-corrected chi connectivity index (χ0v) is 12.7. The molecule has 6 nitrogen and oxygen atoms in total. The second kappa shape index (κ2) is 5.71. The second-order valence-corrected chi connectivity index (χ2v) is 5.42. The van der Waals surface area contributed by atoms with Crippen LogP contribution >= 0.6 is 11.3 Å². The smallest absolute Gasteiger partial charge is 0.163 e. The molecular weight excluding hydrogens is 288 g/mol. The number of hydrogen-bond donors (Lipinski definition) is 2. The maximum Gasteiger partial charge on any atom is 0.163 e. The van der Waals surface area contributed by atoms with Crippen molar-refractivity contribution in [1.29, 1.82) is 0 Å². The van der Waals surface area contributed by atoms with Gasteiger partial charge in [0.2, 0.25) is 0 Å². The number of nitrogens with one attached hydrogen (secondary N) is 1. The van der Waals surface area contributed by atoms with E-state index in [0.29, 0.717) is 18.0 Å². The number of rotatable bonds is 5. The molecule has 0 saturated heterocycles. The number of aromatic nitrogens is 3. The molecule has 2 aromatic heterocycles. The SMILES string of the molecule is COc1cc2nc(-c3csc(CCN)n3)[nH]c2cc1OC. The summed E-state index contributed by atoms with van der Waals surface area (Å²) in [5, 5.41) is 3.00. The Hall–Kier alpha value is -2.12. The Kier molecular flexibility index (Phi) is 3.76. The van der Waals surface area contributed by atoms with Crippen LogP contribution in [0.15, 0.2) is 17.5 Å². The van der Waals surface area contributed by atoms with Crippen LogP contribution in [0.5, 0.6) is 11.5 Å². The zero-order chi connectivity index (χ0) is 14.8. The molecule has 0 bridgehead atoms. The Bertz CT molecular complexity index is 725. The van der Waals surface area contributed by atoms with Crippen molar-refractivity contribution < 1.29 is 9.47 Å². The summed E-state index contributed by atoms with van der Waals surface area (Å²) in [6, 6.07) is 3.72. The maximum absolute atomic E-state index is 5.55. The molecule has 0 aliphatic rings. The third-order valence-electron chi connectivity index (χ3n) is 3.14. The topological polar surface area (TPSA) is 86.0 Å². The van der Waals surface area contributed by atoms with E-state index in [2.05, 4.69) is 15.0 Å². The third kappa shape index (κ3) is 2.57. The Morgan fingerprint density at radius 3 is 2.67 bits per heavy atom. The molecule has 3 aromatic rings. The lowest BCUT2D eigenvalue weighted by Gasteiger charge is -2.06. The Morgan fingerprint density at radius 2 is 1.95 bits per heavy atom. The highest BCUT2D eigenvalue weighted by atomic mass is 32.1. The minimum Gasteiger partial charge on any atom is -0.493 e. The molecule has 0 saturated carbocycles. The normalized spacial score (nSPS) is 11.0. The van der Waals surface area contributed by atoms with Gasteiger partial charge in [0.25, 0.3) is 0 Å². The van der Waals surface area contributed by atoms with Crippen molar-refractivity contribution in [3.8, 4) is 23.0 Å². The number of benzene rings is 1. The van der Waals surface area contributed by atoms with Crippen LogP contribution in [-0.4, -0.2) is 35.7 Å². The van der Waals surface area contributed by atoms with E-state index in [1.54, 1.807) is 25.6 Å². The number of fused-ring (bicyclic) bond motifs is 1. The molecule has 0 atom stereocenters. The van der Waals surface area contributed by atoms with Crippen LogP contribution in [0.3, 0.4) is 0 Å². The average Bonchev–Trinajstić information content (AvgIpc) is 3.11. The number of methoxy groups -OCH3 is 2. The van der Waals surface area contributed by atoms with E-state index in [-0.39, 0.29) is 0 Å². The molecule has 0 fully saturated rings. The summed E-state index contributed by atoms with van der Waals surface area (Å²) < 4.78 is 10.6. The van der Waals surface area contributed by atoms with Crippen LogP contribution in [0.1, 0.15) is 5.01 Å². The van der Waals surface area contributed by atoms with Gasteiger partial charge in [-0.05, 0) is 6.54 Å². The van der Waals surface area contributed by atoms with Crippen molar-refractivity contribution in [2.75, 3.05) is 20.8 Å². The monoisotopic (exact) mass is 304 g/mol. The Balaban J connectivity index is 2.03. The second-order valence-electron chi connectivity index (χ2n) is 4.47. The first-order valence-electron chi connectivity index (χ1n) is 6.51. The summed E-state index contributed by atoms with van der Waals surface area (Å²) in [5.41, 5.74) is 8.08. The quantitative estimate of drug-likeness (QED) is 0.754. The van der Waals surface area contributed by atoms with Crippen LogP contribution < -0.4 is 15.2 Å². The van der Waals surface area contributed by atoms with Crippen molar-refractivity contribution in [3.63, 3.8) is 0 Å². The summed E-state index contributed by atoms with van der Waals surface area (Å²) in [6.45, 7) is 0.599. The molecule has 7 heteroatoms. The van der Waals surface area contributed by atoms with Gasteiger partial charge in [-0.15, -0.1) is 11.3 Å². The van der Waals surface area contributed by atoms with Crippen molar-refractivity contribution in [1.82, 2.24) is 15.0 Å². The van der Waals surface area contributed by atoms with Crippen LogP contribution in [0.2, 0.25) is 0 Å². The van der Waals surface area contributed by atoms with Crippen LogP contribution in [-0.2, 0) is 6.42 Å². The van der Waals surface area contributed by atoms with Gasteiger partial charge in [-0.1, -0.05) is 0 Å². The lowest BCUT2D eigenvalue weighted by Crippen LogP contribution is -2.02. The molecule has 0 spiro atoms. The predicted molar refractivity (Wildman–Crippen MR) is 83.1 cm³/mol. The van der Waals surface area contributed by atoms with E-state index in [9.17, 15) is 0 Å². The summed E-state index contributed by atoms with van der Waals surface area (Å²) in [6.07, 6.45) is 0.784. The van der Waals surface area contributed by atoms with E-state index in [1.165, 1.54) is 0 Å². The highest BCUT2D eigenvalue weighted by Gasteiger charge is 2.12. The molecule has 0 unspecified atom stereocenters. The van der Waals surface area contributed by atoms with Crippen molar-refractivity contribution in [2.24, 2.45) is 5.73 Å². The number of H-pyrrole nitrogens is 1. The Labute approximate surface area is 125 Å². The van der Waals surface area contributed by atoms with Gasteiger partial charge in [0, 0.05) is 23.9 Å². The van der Waals surface area contributed by atoms with Crippen molar-refractivity contribution in [2.45, 2.75) is 6.42 Å². The molecular formula is C14H16N4O2S. The van der Waals surface area contributed by atoms with Gasteiger partial charge >= 0.3 is 0 Å².